The fraction of sp³-hybridized carbons (Fsp3) is 0.167. The number of ether oxygens (including phenoxy) is 1. The van der Waals surface area contributed by atoms with Gasteiger partial charge in [0.1, 0.15) is 11.5 Å². The maximum absolute atomic E-state index is 5.64. The maximum Gasteiger partial charge on any atom is 0.134 e. The number of fused-ring (bicyclic) bond motifs is 1. The third-order valence-corrected chi connectivity index (χ3v) is 2.15. The Balaban J connectivity index is 2.57. The summed E-state index contributed by atoms with van der Waals surface area (Å²) >= 11 is 0. The van der Waals surface area contributed by atoms with Crippen LogP contribution in [0.2, 0.25) is 0 Å². The van der Waals surface area contributed by atoms with Gasteiger partial charge < -0.3 is 4.74 Å². The molecule has 0 bridgehead atoms. The molecule has 1 aliphatic heterocycles. The van der Waals surface area contributed by atoms with Gasteiger partial charge in [0, 0.05) is 5.56 Å². The van der Waals surface area contributed by atoms with Crippen molar-refractivity contribution in [3.8, 4) is 5.75 Å². The smallest absolute Gasteiger partial charge is 0.134 e. The zero-order valence-corrected chi connectivity index (χ0v) is 7.87. The van der Waals surface area contributed by atoms with Gasteiger partial charge in [-0.15, -0.1) is 0 Å². The molecule has 0 saturated heterocycles. The number of rotatable bonds is 0. The number of hydrogen-bond acceptors (Lipinski definition) is 1. The Hall–Kier alpha value is -1.50. The van der Waals surface area contributed by atoms with E-state index in [9.17, 15) is 0 Å². The molecule has 13 heavy (non-hydrogen) atoms. The summed E-state index contributed by atoms with van der Waals surface area (Å²) in [6, 6.07) is 8.09. The van der Waals surface area contributed by atoms with Crippen LogP contribution in [0.1, 0.15) is 19.4 Å². The molecule has 0 atom stereocenters. The van der Waals surface area contributed by atoms with Crippen molar-refractivity contribution in [2.24, 2.45) is 0 Å². The van der Waals surface area contributed by atoms with Gasteiger partial charge in [-0.3, -0.25) is 0 Å². The molecule has 0 aromatic heterocycles. The summed E-state index contributed by atoms with van der Waals surface area (Å²) < 4.78 is 5.64. The first kappa shape index (κ1) is 8.11. The van der Waals surface area contributed by atoms with Crippen LogP contribution in [-0.4, -0.2) is 0 Å². The van der Waals surface area contributed by atoms with Crippen molar-refractivity contribution in [2.75, 3.05) is 0 Å². The molecule has 1 heteroatoms. The summed E-state index contributed by atoms with van der Waals surface area (Å²) in [6.07, 6.45) is 4.08. The van der Waals surface area contributed by atoms with E-state index >= 15 is 0 Å². The van der Waals surface area contributed by atoms with Crippen LogP contribution >= 0.6 is 0 Å². The van der Waals surface area contributed by atoms with Crippen LogP contribution in [0.5, 0.6) is 5.75 Å². The van der Waals surface area contributed by atoms with E-state index in [0.717, 1.165) is 11.5 Å². The average molecular weight is 172 g/mol. The van der Waals surface area contributed by atoms with Crippen molar-refractivity contribution >= 4 is 5.57 Å². The second kappa shape index (κ2) is 3.09. The molecule has 0 radical (unpaired) electrons. The Kier molecular flexibility index (Phi) is 1.93. The number of benzene rings is 1. The highest BCUT2D eigenvalue weighted by Crippen LogP contribution is 2.29. The van der Waals surface area contributed by atoms with Crippen LogP contribution in [-0.2, 0) is 0 Å². The molecular weight excluding hydrogens is 160 g/mol. The molecule has 0 N–H and O–H groups in total. The third kappa shape index (κ3) is 1.50. The van der Waals surface area contributed by atoms with E-state index in [0.29, 0.717) is 0 Å². The fourth-order valence-corrected chi connectivity index (χ4v) is 1.42. The number of allylic oxidation sites excluding steroid dienone is 4. The lowest BCUT2D eigenvalue weighted by Crippen LogP contribution is -1.91. The first-order valence-electron chi connectivity index (χ1n) is 4.40. The van der Waals surface area contributed by atoms with Gasteiger partial charge in [-0.25, -0.2) is 0 Å². The van der Waals surface area contributed by atoms with Crippen LogP contribution < -0.4 is 4.74 Å². The largest absolute Gasteiger partial charge is 0.461 e. The van der Waals surface area contributed by atoms with Crippen molar-refractivity contribution in [1.29, 1.82) is 0 Å². The average Bonchev–Trinajstić information content (AvgIpc) is 2.27. The predicted octanol–water partition coefficient (Wildman–Crippen LogP) is 3.39. The van der Waals surface area contributed by atoms with Gasteiger partial charge in [0.2, 0.25) is 0 Å². The molecule has 2 rings (SSSR count). The lowest BCUT2D eigenvalue weighted by atomic mass is 10.1. The molecule has 0 unspecified atom stereocenters. The van der Waals surface area contributed by atoms with E-state index in [4.69, 9.17) is 4.74 Å². The second-order valence-electron chi connectivity index (χ2n) is 3.23. The van der Waals surface area contributed by atoms with Crippen LogP contribution in [0.4, 0.5) is 0 Å². The summed E-state index contributed by atoms with van der Waals surface area (Å²) in [4.78, 5) is 0. The van der Waals surface area contributed by atoms with Crippen LogP contribution in [0.25, 0.3) is 5.57 Å². The first-order valence-corrected chi connectivity index (χ1v) is 4.40. The van der Waals surface area contributed by atoms with E-state index in [1.54, 1.807) is 0 Å². The van der Waals surface area contributed by atoms with Crippen molar-refractivity contribution in [3.05, 3.63) is 47.7 Å². The molecule has 1 aromatic carbocycles. The molecule has 0 saturated carbocycles. The van der Waals surface area contributed by atoms with Gasteiger partial charge in [-0.05, 0) is 31.6 Å². The highest BCUT2D eigenvalue weighted by atomic mass is 16.5. The highest BCUT2D eigenvalue weighted by Gasteiger charge is 2.07. The van der Waals surface area contributed by atoms with E-state index in [2.05, 4.69) is 19.1 Å². The number of para-hydroxylation sites is 1. The molecule has 0 aliphatic carbocycles. The monoisotopic (exact) mass is 172 g/mol. The van der Waals surface area contributed by atoms with Crippen LogP contribution in [0.3, 0.4) is 0 Å². The molecule has 0 amide bonds. The molecule has 1 heterocycles. The minimum Gasteiger partial charge on any atom is -0.461 e. The molecule has 0 spiro atoms. The second-order valence-corrected chi connectivity index (χ2v) is 3.23. The van der Waals surface area contributed by atoms with Crippen LogP contribution in [0, 0.1) is 0 Å². The minimum atomic E-state index is 0.935. The van der Waals surface area contributed by atoms with Gasteiger partial charge in [-0.1, -0.05) is 24.3 Å². The predicted molar refractivity (Wildman–Crippen MR) is 54.5 cm³/mol. The molecule has 1 nitrogen and oxygen atoms in total. The quantitative estimate of drug-likeness (QED) is 0.583. The lowest BCUT2D eigenvalue weighted by molar-refractivity contribution is 0.428. The Labute approximate surface area is 78.3 Å². The normalized spacial score (nSPS) is 14.9. The summed E-state index contributed by atoms with van der Waals surface area (Å²) in [5.74, 6) is 1.88. The maximum atomic E-state index is 5.64. The molecule has 0 fully saturated rings. The Morgan fingerprint density at radius 2 is 1.77 bits per heavy atom. The highest BCUT2D eigenvalue weighted by molar-refractivity contribution is 5.71. The van der Waals surface area contributed by atoms with Gasteiger partial charge in [-0.2, -0.15) is 0 Å². The van der Waals surface area contributed by atoms with Crippen molar-refractivity contribution < 1.29 is 4.74 Å². The summed E-state index contributed by atoms with van der Waals surface area (Å²) in [6.45, 7) is 4.06. The minimum absolute atomic E-state index is 0.935. The van der Waals surface area contributed by atoms with E-state index in [-0.39, 0.29) is 0 Å². The molecule has 1 aromatic rings. The summed E-state index contributed by atoms with van der Waals surface area (Å²) in [5.41, 5.74) is 2.42. The van der Waals surface area contributed by atoms with Gasteiger partial charge in [0.25, 0.3) is 0 Å². The number of hydrogen-bond donors (Lipinski definition) is 0. The zero-order valence-electron chi connectivity index (χ0n) is 7.87. The summed E-state index contributed by atoms with van der Waals surface area (Å²) in [7, 11) is 0. The topological polar surface area (TPSA) is 9.23 Å². The standard InChI is InChI=1S/C12H12O/c1-9-7-8-10(2)13-12-6-4-3-5-11(9)12/h3-8H,1-2H3. The van der Waals surface area contributed by atoms with Crippen molar-refractivity contribution in [2.45, 2.75) is 13.8 Å². The van der Waals surface area contributed by atoms with Gasteiger partial charge in [0.15, 0.2) is 0 Å². The fourth-order valence-electron chi connectivity index (χ4n) is 1.42. The Bertz CT molecular complexity index is 386. The Morgan fingerprint density at radius 3 is 2.62 bits per heavy atom. The third-order valence-electron chi connectivity index (χ3n) is 2.15. The Morgan fingerprint density at radius 1 is 1.00 bits per heavy atom. The van der Waals surface area contributed by atoms with Crippen LogP contribution in [0.15, 0.2) is 42.2 Å². The van der Waals surface area contributed by atoms with Gasteiger partial charge >= 0.3 is 0 Å². The van der Waals surface area contributed by atoms with E-state index in [1.807, 2.05) is 31.2 Å². The first-order chi connectivity index (χ1) is 6.27. The molecule has 66 valence electrons. The zero-order chi connectivity index (χ0) is 9.26. The SMILES string of the molecule is CC1=CC=C(C)c2ccccc2O1. The van der Waals surface area contributed by atoms with Crippen molar-refractivity contribution in [1.82, 2.24) is 0 Å². The molecular formula is C12H12O. The van der Waals surface area contributed by atoms with Gasteiger partial charge in [0.05, 0.1) is 0 Å². The van der Waals surface area contributed by atoms with E-state index in [1.165, 1.54) is 11.1 Å². The lowest BCUT2D eigenvalue weighted by Gasteiger charge is -2.07. The summed E-state index contributed by atoms with van der Waals surface area (Å²) in [5, 5.41) is 0. The van der Waals surface area contributed by atoms with Crippen molar-refractivity contribution in [3.63, 3.8) is 0 Å². The van der Waals surface area contributed by atoms with E-state index < -0.39 is 0 Å². The molecule has 1 aliphatic rings.